The lowest BCUT2D eigenvalue weighted by atomic mass is 10.0. The minimum atomic E-state index is -0.457. The summed E-state index contributed by atoms with van der Waals surface area (Å²) in [6.07, 6.45) is 2.65. The Morgan fingerprint density at radius 3 is 3.05 bits per heavy atom. The van der Waals surface area contributed by atoms with Crippen LogP contribution in [0.25, 0.3) is 22.2 Å². The van der Waals surface area contributed by atoms with E-state index in [1.807, 2.05) is 23.6 Å². The van der Waals surface area contributed by atoms with Crippen molar-refractivity contribution in [2.24, 2.45) is 5.73 Å². The number of pyridine rings is 1. The molecule has 0 radical (unpaired) electrons. The van der Waals surface area contributed by atoms with E-state index < -0.39 is 5.91 Å². The molecule has 96 valence electrons. The summed E-state index contributed by atoms with van der Waals surface area (Å²) in [7, 11) is 0. The van der Waals surface area contributed by atoms with E-state index in [4.69, 9.17) is 5.73 Å². The summed E-state index contributed by atoms with van der Waals surface area (Å²) < 4.78 is 0. The number of H-pyrrole nitrogens is 1. The molecule has 0 aromatic carbocycles. The Kier molecular flexibility index (Phi) is 2.83. The predicted octanol–water partition coefficient (Wildman–Crippen LogP) is 2.95. The smallest absolute Gasteiger partial charge is 0.265 e. The Labute approximate surface area is 114 Å². The number of aromatic nitrogens is 2. The lowest BCUT2D eigenvalue weighted by molar-refractivity contribution is 0.0997. The number of carbonyl (C=O) groups is 1. The van der Waals surface area contributed by atoms with Gasteiger partial charge < -0.3 is 10.7 Å². The molecule has 4 nitrogen and oxygen atoms in total. The molecule has 0 aliphatic carbocycles. The molecular formula is C14H13N3OS. The van der Waals surface area contributed by atoms with Gasteiger partial charge in [-0.2, -0.15) is 0 Å². The normalized spacial score (nSPS) is 11.0. The van der Waals surface area contributed by atoms with E-state index in [-0.39, 0.29) is 0 Å². The van der Waals surface area contributed by atoms with Gasteiger partial charge >= 0.3 is 0 Å². The number of carbonyl (C=O) groups excluding carboxylic acids is 1. The molecule has 5 heteroatoms. The quantitative estimate of drug-likeness (QED) is 0.768. The first-order valence-corrected chi connectivity index (χ1v) is 6.93. The summed E-state index contributed by atoms with van der Waals surface area (Å²) in [5.41, 5.74) is 9.41. The van der Waals surface area contributed by atoms with Crippen molar-refractivity contribution in [1.82, 2.24) is 9.97 Å². The number of hydrogen-bond donors (Lipinski definition) is 2. The van der Waals surface area contributed by atoms with Crippen molar-refractivity contribution in [3.63, 3.8) is 0 Å². The van der Waals surface area contributed by atoms with Gasteiger partial charge in [-0.15, -0.1) is 11.3 Å². The maximum atomic E-state index is 11.7. The molecule has 0 aliphatic rings. The Morgan fingerprint density at radius 1 is 1.47 bits per heavy atom. The Hall–Kier alpha value is -2.14. The third kappa shape index (κ3) is 1.82. The molecule has 3 heterocycles. The van der Waals surface area contributed by atoms with E-state index in [9.17, 15) is 4.79 Å². The summed E-state index contributed by atoms with van der Waals surface area (Å²) in [5.74, 6) is -0.457. The highest BCUT2D eigenvalue weighted by molar-refractivity contribution is 7.10. The standard InChI is InChI=1S/C14H13N3OS/c1-2-10-8(5-7-19-10)11-12-9(4-3-6-16-12)17-13(11)14(15)18/h3-7,17H,2H2,1H3,(H2,15,18). The monoisotopic (exact) mass is 271 g/mol. The fraction of sp³-hybridized carbons (Fsp3) is 0.143. The Morgan fingerprint density at radius 2 is 2.32 bits per heavy atom. The molecular weight excluding hydrogens is 258 g/mol. The number of nitrogens with zero attached hydrogens (tertiary/aromatic N) is 1. The number of primary amides is 1. The third-order valence-corrected chi connectivity index (χ3v) is 4.20. The largest absolute Gasteiger partial charge is 0.364 e. The molecule has 3 aromatic rings. The first-order valence-electron chi connectivity index (χ1n) is 6.05. The zero-order valence-electron chi connectivity index (χ0n) is 10.4. The molecule has 0 bridgehead atoms. The highest BCUT2D eigenvalue weighted by Crippen LogP contribution is 2.35. The van der Waals surface area contributed by atoms with Crippen LogP contribution in [0, 0.1) is 0 Å². The van der Waals surface area contributed by atoms with Gasteiger partial charge in [0.05, 0.1) is 11.0 Å². The molecule has 0 saturated carbocycles. The molecule has 3 rings (SSSR count). The number of nitrogens with two attached hydrogens (primary N) is 1. The van der Waals surface area contributed by atoms with Crippen LogP contribution in [0.4, 0.5) is 0 Å². The highest BCUT2D eigenvalue weighted by Gasteiger charge is 2.20. The Bertz CT molecular complexity index is 757. The van der Waals surface area contributed by atoms with Crippen LogP contribution in [-0.2, 0) is 6.42 Å². The van der Waals surface area contributed by atoms with Crippen molar-refractivity contribution in [3.8, 4) is 11.1 Å². The van der Waals surface area contributed by atoms with Crippen molar-refractivity contribution in [3.05, 3.63) is 40.3 Å². The van der Waals surface area contributed by atoms with E-state index in [2.05, 4.69) is 16.9 Å². The lowest BCUT2D eigenvalue weighted by Gasteiger charge is -2.02. The lowest BCUT2D eigenvalue weighted by Crippen LogP contribution is -2.12. The zero-order valence-corrected chi connectivity index (χ0v) is 11.3. The van der Waals surface area contributed by atoms with Gasteiger partial charge in [-0.25, -0.2) is 0 Å². The Balaban J connectivity index is 2.38. The number of aromatic amines is 1. The van der Waals surface area contributed by atoms with E-state index in [1.54, 1.807) is 17.5 Å². The van der Waals surface area contributed by atoms with Crippen molar-refractivity contribution in [1.29, 1.82) is 0 Å². The minimum absolute atomic E-state index is 0.432. The zero-order chi connectivity index (χ0) is 13.4. The summed E-state index contributed by atoms with van der Waals surface area (Å²) in [6, 6.07) is 5.76. The van der Waals surface area contributed by atoms with Crippen molar-refractivity contribution < 1.29 is 4.79 Å². The summed E-state index contributed by atoms with van der Waals surface area (Å²) in [4.78, 5) is 20.3. The molecule has 0 aliphatic heterocycles. The second kappa shape index (κ2) is 4.51. The van der Waals surface area contributed by atoms with Crippen LogP contribution in [0.3, 0.4) is 0 Å². The second-order valence-electron chi connectivity index (χ2n) is 4.25. The molecule has 19 heavy (non-hydrogen) atoms. The maximum absolute atomic E-state index is 11.7. The highest BCUT2D eigenvalue weighted by atomic mass is 32.1. The summed E-state index contributed by atoms with van der Waals surface area (Å²) >= 11 is 1.68. The van der Waals surface area contributed by atoms with Gasteiger partial charge in [0.15, 0.2) is 0 Å². The van der Waals surface area contributed by atoms with Crippen molar-refractivity contribution in [2.45, 2.75) is 13.3 Å². The van der Waals surface area contributed by atoms with Gasteiger partial charge in [0.2, 0.25) is 0 Å². The maximum Gasteiger partial charge on any atom is 0.265 e. The van der Waals surface area contributed by atoms with E-state index in [0.717, 1.165) is 28.6 Å². The van der Waals surface area contributed by atoms with Crippen LogP contribution in [0.1, 0.15) is 22.3 Å². The molecule has 0 unspecified atom stereocenters. The van der Waals surface area contributed by atoms with Crippen LogP contribution >= 0.6 is 11.3 Å². The number of aryl methyl sites for hydroxylation is 1. The van der Waals surface area contributed by atoms with Gasteiger partial charge in [0.25, 0.3) is 5.91 Å². The number of thiophene rings is 1. The van der Waals surface area contributed by atoms with Crippen LogP contribution in [0.2, 0.25) is 0 Å². The number of hydrogen-bond acceptors (Lipinski definition) is 3. The fourth-order valence-corrected chi connectivity index (χ4v) is 3.14. The summed E-state index contributed by atoms with van der Waals surface area (Å²) in [6.45, 7) is 2.10. The SMILES string of the molecule is CCc1sccc1-c1c(C(N)=O)[nH]c2cccnc12. The van der Waals surface area contributed by atoms with Gasteiger partial charge in [0.1, 0.15) is 5.69 Å². The van der Waals surface area contributed by atoms with Gasteiger partial charge in [-0.1, -0.05) is 6.92 Å². The van der Waals surface area contributed by atoms with Crippen LogP contribution in [0.5, 0.6) is 0 Å². The average molecular weight is 271 g/mol. The molecule has 0 fully saturated rings. The second-order valence-corrected chi connectivity index (χ2v) is 5.25. The van der Waals surface area contributed by atoms with Gasteiger partial charge in [-0.05, 0) is 30.0 Å². The number of amides is 1. The topological polar surface area (TPSA) is 71.8 Å². The summed E-state index contributed by atoms with van der Waals surface area (Å²) in [5, 5.41) is 2.03. The van der Waals surface area contributed by atoms with Gasteiger partial charge in [0, 0.05) is 22.2 Å². The van der Waals surface area contributed by atoms with E-state index in [1.165, 1.54) is 4.88 Å². The molecule has 1 amide bonds. The minimum Gasteiger partial charge on any atom is -0.364 e. The number of nitrogens with one attached hydrogen (secondary N) is 1. The first kappa shape index (κ1) is 11.9. The van der Waals surface area contributed by atoms with Gasteiger partial charge in [-0.3, -0.25) is 9.78 Å². The molecule has 0 saturated heterocycles. The van der Waals surface area contributed by atoms with Crippen LogP contribution in [0.15, 0.2) is 29.8 Å². The predicted molar refractivity (Wildman–Crippen MR) is 77.3 cm³/mol. The molecule has 0 atom stereocenters. The molecule has 0 spiro atoms. The van der Waals surface area contributed by atoms with Crippen LogP contribution in [-0.4, -0.2) is 15.9 Å². The number of rotatable bonds is 3. The van der Waals surface area contributed by atoms with E-state index >= 15 is 0 Å². The van der Waals surface area contributed by atoms with Crippen LogP contribution < -0.4 is 5.73 Å². The number of fused-ring (bicyclic) bond motifs is 1. The fourth-order valence-electron chi connectivity index (χ4n) is 2.31. The molecule has 3 aromatic heterocycles. The van der Waals surface area contributed by atoms with E-state index in [0.29, 0.717) is 5.69 Å². The average Bonchev–Trinajstić information content (AvgIpc) is 3.01. The van der Waals surface area contributed by atoms with Crippen molar-refractivity contribution in [2.75, 3.05) is 0 Å². The third-order valence-electron chi connectivity index (χ3n) is 3.14. The first-order chi connectivity index (χ1) is 9.22. The van der Waals surface area contributed by atoms with Crippen molar-refractivity contribution >= 4 is 28.3 Å². The molecule has 3 N–H and O–H groups in total.